The maximum atomic E-state index is 11.4. The molecule has 2 N–H and O–H groups in total. The minimum atomic E-state index is -0.764. The molecule has 1 heterocycles. The van der Waals surface area contributed by atoms with Gasteiger partial charge in [0.05, 0.1) is 0 Å². The predicted octanol–water partition coefficient (Wildman–Crippen LogP) is 2.07. The molecule has 0 radical (unpaired) electrons. The zero-order valence-corrected chi connectivity index (χ0v) is 10.3. The molecule has 1 aromatic rings. The number of fused-ring (bicyclic) bond motifs is 1. The Morgan fingerprint density at radius 3 is 3.00 bits per heavy atom. The summed E-state index contributed by atoms with van der Waals surface area (Å²) in [6, 6.07) is 5.76. The molecule has 2 amide bonds. The Balaban J connectivity index is 2.05. The van der Waals surface area contributed by atoms with E-state index < -0.39 is 5.97 Å². The third-order valence-corrected chi connectivity index (χ3v) is 3.02. The molecule has 0 atom stereocenters. The summed E-state index contributed by atoms with van der Waals surface area (Å²) in [4.78, 5) is 23.5. The molecule has 1 aromatic carbocycles. The van der Waals surface area contributed by atoms with Crippen molar-refractivity contribution in [2.75, 3.05) is 12.4 Å². The first kappa shape index (κ1) is 12.4. The Morgan fingerprint density at radius 2 is 2.28 bits per heavy atom. The number of amides is 2. The number of aryl methyl sites for hydroxylation is 1. The van der Waals surface area contributed by atoms with E-state index in [1.807, 2.05) is 18.2 Å². The highest BCUT2D eigenvalue weighted by atomic mass is 16.4. The average Bonchev–Trinajstić information content (AvgIpc) is 2.30. The van der Waals surface area contributed by atoms with Crippen molar-refractivity contribution in [1.29, 1.82) is 0 Å². The second-order valence-corrected chi connectivity index (χ2v) is 4.53. The minimum Gasteiger partial charge on any atom is -0.481 e. The van der Waals surface area contributed by atoms with Crippen molar-refractivity contribution in [3.8, 4) is 0 Å². The molecule has 1 aliphatic rings. The van der Waals surface area contributed by atoms with Gasteiger partial charge in [0.25, 0.3) is 0 Å². The molecule has 2 rings (SSSR count). The molecular weight excluding hydrogens is 232 g/mol. The Labute approximate surface area is 105 Å². The molecule has 5 nitrogen and oxygen atoms in total. The van der Waals surface area contributed by atoms with Gasteiger partial charge >= 0.3 is 12.0 Å². The molecule has 1 aliphatic heterocycles. The zero-order valence-electron chi connectivity index (χ0n) is 10.3. The summed E-state index contributed by atoms with van der Waals surface area (Å²) in [5.74, 6) is -0.764. The van der Waals surface area contributed by atoms with Gasteiger partial charge in [-0.1, -0.05) is 12.1 Å². The van der Waals surface area contributed by atoms with E-state index in [0.717, 1.165) is 23.2 Å². The highest BCUT2D eigenvalue weighted by molar-refractivity contribution is 5.92. The number of rotatable bonds is 4. The standard InChI is InChI=1S/C13H16N2O3/c1-15-8-10-7-9(3-2-4-12(16)17)5-6-11(10)14-13(15)18/h5-7H,2-4,8H2,1H3,(H,14,18)(H,16,17). The van der Waals surface area contributed by atoms with Gasteiger partial charge in [-0.05, 0) is 30.0 Å². The summed E-state index contributed by atoms with van der Waals surface area (Å²) in [7, 11) is 1.75. The van der Waals surface area contributed by atoms with Crippen LogP contribution in [0.2, 0.25) is 0 Å². The van der Waals surface area contributed by atoms with Gasteiger partial charge in [0.2, 0.25) is 0 Å². The number of urea groups is 1. The van der Waals surface area contributed by atoms with E-state index in [-0.39, 0.29) is 12.5 Å². The first-order valence-electron chi connectivity index (χ1n) is 5.92. The molecule has 0 bridgehead atoms. The van der Waals surface area contributed by atoms with E-state index in [9.17, 15) is 9.59 Å². The highest BCUT2D eigenvalue weighted by Crippen LogP contribution is 2.24. The Kier molecular flexibility index (Phi) is 3.50. The number of nitrogens with zero attached hydrogens (tertiary/aromatic N) is 1. The van der Waals surface area contributed by atoms with Crippen LogP contribution in [0.15, 0.2) is 18.2 Å². The lowest BCUT2D eigenvalue weighted by Crippen LogP contribution is -2.35. The summed E-state index contributed by atoms with van der Waals surface area (Å²) in [5, 5.41) is 11.4. The minimum absolute atomic E-state index is 0.0962. The van der Waals surface area contributed by atoms with Gasteiger partial charge in [-0.15, -0.1) is 0 Å². The van der Waals surface area contributed by atoms with Crippen molar-refractivity contribution in [2.45, 2.75) is 25.8 Å². The highest BCUT2D eigenvalue weighted by Gasteiger charge is 2.18. The van der Waals surface area contributed by atoms with Gasteiger partial charge in [0.15, 0.2) is 0 Å². The lowest BCUT2D eigenvalue weighted by atomic mass is 10.0. The van der Waals surface area contributed by atoms with Crippen LogP contribution in [-0.4, -0.2) is 29.1 Å². The van der Waals surface area contributed by atoms with Gasteiger partial charge in [-0.25, -0.2) is 4.79 Å². The number of nitrogens with one attached hydrogen (secondary N) is 1. The van der Waals surface area contributed by atoms with E-state index in [1.54, 1.807) is 11.9 Å². The predicted molar refractivity (Wildman–Crippen MR) is 67.5 cm³/mol. The fourth-order valence-corrected chi connectivity index (χ4v) is 2.04. The first-order chi connectivity index (χ1) is 8.56. The fraction of sp³-hybridized carbons (Fsp3) is 0.385. The van der Waals surface area contributed by atoms with Crippen LogP contribution in [-0.2, 0) is 17.8 Å². The van der Waals surface area contributed by atoms with Crippen molar-refractivity contribution in [3.63, 3.8) is 0 Å². The molecule has 5 heteroatoms. The summed E-state index contributed by atoms with van der Waals surface area (Å²) in [5.41, 5.74) is 3.03. The van der Waals surface area contributed by atoms with Crippen LogP contribution >= 0.6 is 0 Å². The van der Waals surface area contributed by atoms with Crippen LogP contribution < -0.4 is 5.32 Å². The molecule has 0 spiro atoms. The number of benzene rings is 1. The van der Waals surface area contributed by atoms with E-state index in [0.29, 0.717) is 13.0 Å². The molecule has 18 heavy (non-hydrogen) atoms. The second kappa shape index (κ2) is 5.08. The largest absolute Gasteiger partial charge is 0.481 e. The van der Waals surface area contributed by atoms with Crippen LogP contribution in [0.25, 0.3) is 0 Å². The quantitative estimate of drug-likeness (QED) is 0.857. The zero-order chi connectivity index (χ0) is 13.1. The van der Waals surface area contributed by atoms with Gasteiger partial charge < -0.3 is 15.3 Å². The molecular formula is C13H16N2O3. The number of anilines is 1. The number of hydrogen-bond acceptors (Lipinski definition) is 2. The monoisotopic (exact) mass is 248 g/mol. The Morgan fingerprint density at radius 1 is 1.50 bits per heavy atom. The number of carboxylic acid groups (broad SMARTS) is 1. The van der Waals surface area contributed by atoms with E-state index in [1.165, 1.54) is 0 Å². The van der Waals surface area contributed by atoms with Crippen LogP contribution in [0, 0.1) is 0 Å². The van der Waals surface area contributed by atoms with E-state index in [4.69, 9.17) is 5.11 Å². The average molecular weight is 248 g/mol. The third-order valence-electron chi connectivity index (χ3n) is 3.02. The second-order valence-electron chi connectivity index (χ2n) is 4.53. The van der Waals surface area contributed by atoms with Crippen molar-refractivity contribution >= 4 is 17.7 Å². The van der Waals surface area contributed by atoms with E-state index >= 15 is 0 Å². The maximum absolute atomic E-state index is 11.4. The van der Waals surface area contributed by atoms with Gasteiger partial charge in [0, 0.05) is 25.7 Å². The van der Waals surface area contributed by atoms with Gasteiger partial charge in [-0.3, -0.25) is 4.79 Å². The summed E-state index contributed by atoms with van der Waals surface area (Å²) in [6.45, 7) is 0.591. The van der Waals surface area contributed by atoms with Crippen LogP contribution in [0.1, 0.15) is 24.0 Å². The molecule has 0 aliphatic carbocycles. The third kappa shape index (κ3) is 2.80. The van der Waals surface area contributed by atoms with Crippen molar-refractivity contribution < 1.29 is 14.7 Å². The van der Waals surface area contributed by atoms with Gasteiger partial charge in [-0.2, -0.15) is 0 Å². The number of carbonyl (C=O) groups excluding carboxylic acids is 1. The number of carbonyl (C=O) groups is 2. The molecule has 0 fully saturated rings. The fourth-order valence-electron chi connectivity index (χ4n) is 2.04. The molecule has 0 unspecified atom stereocenters. The molecule has 0 saturated heterocycles. The van der Waals surface area contributed by atoms with Gasteiger partial charge in [0.1, 0.15) is 0 Å². The summed E-state index contributed by atoms with van der Waals surface area (Å²) < 4.78 is 0. The van der Waals surface area contributed by atoms with Crippen molar-refractivity contribution in [1.82, 2.24) is 4.90 Å². The van der Waals surface area contributed by atoms with Crippen molar-refractivity contribution in [3.05, 3.63) is 29.3 Å². The molecule has 0 saturated carbocycles. The van der Waals surface area contributed by atoms with Crippen LogP contribution in [0.5, 0.6) is 0 Å². The number of aliphatic carboxylic acids is 1. The molecule has 0 aromatic heterocycles. The van der Waals surface area contributed by atoms with Crippen molar-refractivity contribution in [2.24, 2.45) is 0 Å². The normalized spacial score (nSPS) is 14.1. The van der Waals surface area contributed by atoms with E-state index in [2.05, 4.69) is 5.32 Å². The maximum Gasteiger partial charge on any atom is 0.321 e. The number of hydrogen-bond donors (Lipinski definition) is 2. The topological polar surface area (TPSA) is 69.6 Å². The lowest BCUT2D eigenvalue weighted by molar-refractivity contribution is -0.137. The first-order valence-corrected chi connectivity index (χ1v) is 5.92. The lowest BCUT2D eigenvalue weighted by Gasteiger charge is -2.26. The Hall–Kier alpha value is -2.04. The Bertz CT molecular complexity index is 485. The summed E-state index contributed by atoms with van der Waals surface area (Å²) in [6.07, 6.45) is 1.57. The summed E-state index contributed by atoms with van der Waals surface area (Å²) >= 11 is 0. The van der Waals surface area contributed by atoms with Crippen LogP contribution in [0.3, 0.4) is 0 Å². The molecule has 96 valence electrons. The SMILES string of the molecule is CN1Cc2cc(CCCC(=O)O)ccc2NC1=O. The smallest absolute Gasteiger partial charge is 0.321 e. The number of carboxylic acids is 1. The van der Waals surface area contributed by atoms with Crippen LogP contribution in [0.4, 0.5) is 10.5 Å².